The van der Waals surface area contributed by atoms with Crippen LogP contribution in [0.3, 0.4) is 0 Å². The van der Waals surface area contributed by atoms with Gasteiger partial charge in [-0.2, -0.15) is 5.10 Å². The van der Waals surface area contributed by atoms with Gasteiger partial charge in [0.2, 0.25) is 0 Å². The van der Waals surface area contributed by atoms with E-state index in [1.54, 1.807) is 59.3 Å². The lowest BCUT2D eigenvalue weighted by Crippen LogP contribution is -2.58. The second-order valence-corrected chi connectivity index (χ2v) is 10.5. The summed E-state index contributed by atoms with van der Waals surface area (Å²) in [6.07, 6.45) is 5.26. The number of carbonyl (C=O) groups excluding carboxylic acids is 3. The Kier molecular flexibility index (Phi) is 7.19. The van der Waals surface area contributed by atoms with Crippen LogP contribution in [0.1, 0.15) is 38.3 Å². The quantitative estimate of drug-likeness (QED) is 0.377. The average molecular weight is 573 g/mol. The number of aryl methyl sites for hydroxylation is 2. The van der Waals surface area contributed by atoms with Crippen molar-refractivity contribution in [2.75, 3.05) is 26.8 Å². The van der Waals surface area contributed by atoms with Gasteiger partial charge in [-0.1, -0.05) is 6.07 Å². The fraction of sp³-hybridized carbons (Fsp3) is 0.333. The minimum atomic E-state index is -0.523. The van der Waals surface area contributed by atoms with E-state index in [9.17, 15) is 14.4 Å². The summed E-state index contributed by atoms with van der Waals surface area (Å²) < 4.78 is 21.3. The Labute approximate surface area is 242 Å². The second-order valence-electron chi connectivity index (χ2n) is 10.5. The van der Waals surface area contributed by atoms with Crippen molar-refractivity contribution in [3.8, 4) is 17.2 Å². The van der Waals surface area contributed by atoms with E-state index in [1.165, 1.54) is 0 Å². The zero-order chi connectivity index (χ0) is 29.4. The van der Waals surface area contributed by atoms with Crippen molar-refractivity contribution < 1.29 is 28.6 Å². The first-order valence-electron chi connectivity index (χ1n) is 13.7. The van der Waals surface area contributed by atoms with Crippen LogP contribution in [0.15, 0.2) is 55.0 Å². The SMILES string of the molecule is COc1cc2ccc1CNC(=O)COc1cc(ccc1C)C(=O)N[C@H]1CN(C(=O)c3cnn4ccn(C)c34)CC[C@H]1O2. The fourth-order valence-corrected chi connectivity index (χ4v) is 5.42. The zero-order valence-corrected chi connectivity index (χ0v) is 23.6. The van der Waals surface area contributed by atoms with Crippen molar-refractivity contribution in [1.82, 2.24) is 29.7 Å². The van der Waals surface area contributed by atoms with Gasteiger partial charge in [0.1, 0.15) is 34.6 Å². The number of piperidine rings is 1. The first-order chi connectivity index (χ1) is 20.3. The van der Waals surface area contributed by atoms with Crippen molar-refractivity contribution in [1.29, 1.82) is 0 Å². The van der Waals surface area contributed by atoms with Crippen molar-refractivity contribution >= 4 is 23.4 Å². The molecule has 7 rings (SSSR count). The molecule has 1 saturated heterocycles. The molecule has 2 N–H and O–H groups in total. The van der Waals surface area contributed by atoms with Crippen LogP contribution in [0.4, 0.5) is 0 Å². The number of nitrogens with one attached hydrogen (secondary N) is 2. The molecule has 12 nitrogen and oxygen atoms in total. The van der Waals surface area contributed by atoms with Gasteiger partial charge in [0.25, 0.3) is 17.7 Å². The van der Waals surface area contributed by atoms with Crippen LogP contribution >= 0.6 is 0 Å². The number of hydrogen-bond donors (Lipinski definition) is 2. The van der Waals surface area contributed by atoms with E-state index in [1.807, 2.05) is 30.8 Å². The van der Waals surface area contributed by atoms with Gasteiger partial charge < -0.3 is 34.3 Å². The number of ether oxygens (including phenoxy) is 3. The summed E-state index contributed by atoms with van der Waals surface area (Å²) >= 11 is 0. The maximum absolute atomic E-state index is 13.7. The minimum absolute atomic E-state index is 0.169. The highest BCUT2D eigenvalue weighted by molar-refractivity contribution is 6.00. The van der Waals surface area contributed by atoms with Gasteiger partial charge in [-0.05, 0) is 36.8 Å². The largest absolute Gasteiger partial charge is 0.496 e. The van der Waals surface area contributed by atoms with Crippen molar-refractivity contribution in [3.05, 3.63) is 77.2 Å². The van der Waals surface area contributed by atoms with Gasteiger partial charge in [0, 0.05) is 62.7 Å². The number of methoxy groups -OCH3 is 1. The lowest BCUT2D eigenvalue weighted by atomic mass is 10.00. The molecule has 1 fully saturated rings. The number of amides is 3. The molecule has 2 aromatic carbocycles. The maximum Gasteiger partial charge on any atom is 0.259 e. The Morgan fingerprint density at radius 2 is 2.00 bits per heavy atom. The molecule has 3 aliphatic heterocycles. The lowest BCUT2D eigenvalue weighted by Gasteiger charge is -2.38. The van der Waals surface area contributed by atoms with Crippen LogP contribution in [0, 0.1) is 6.92 Å². The van der Waals surface area contributed by atoms with Crippen LogP contribution in [-0.4, -0.2) is 75.8 Å². The molecule has 0 unspecified atom stereocenters. The van der Waals surface area contributed by atoms with Crippen LogP contribution < -0.4 is 24.8 Å². The highest BCUT2D eigenvalue weighted by Crippen LogP contribution is 2.28. The maximum atomic E-state index is 13.7. The summed E-state index contributed by atoms with van der Waals surface area (Å²) in [5.74, 6) is 0.726. The van der Waals surface area contributed by atoms with Crippen LogP contribution in [0.25, 0.3) is 5.65 Å². The van der Waals surface area contributed by atoms with Gasteiger partial charge in [0.15, 0.2) is 6.61 Å². The summed E-state index contributed by atoms with van der Waals surface area (Å²) in [5, 5.41) is 10.2. The van der Waals surface area contributed by atoms with E-state index in [-0.39, 0.29) is 37.4 Å². The molecule has 0 radical (unpaired) electrons. The third-order valence-electron chi connectivity index (χ3n) is 7.75. The molecule has 5 heterocycles. The van der Waals surface area contributed by atoms with E-state index in [0.717, 1.165) is 11.1 Å². The molecular formula is C30H32N6O6. The van der Waals surface area contributed by atoms with E-state index >= 15 is 0 Å². The topological polar surface area (TPSA) is 128 Å². The molecule has 4 bridgehead atoms. The predicted octanol–water partition coefficient (Wildman–Crippen LogP) is 2.09. The third-order valence-corrected chi connectivity index (χ3v) is 7.75. The van der Waals surface area contributed by atoms with Gasteiger partial charge in [-0.3, -0.25) is 14.4 Å². The molecule has 12 heteroatoms. The summed E-state index contributed by atoms with van der Waals surface area (Å²) in [6.45, 7) is 2.55. The Hall–Kier alpha value is -5.00. The van der Waals surface area contributed by atoms with Gasteiger partial charge in [0.05, 0.1) is 19.3 Å². The molecule has 0 saturated carbocycles. The smallest absolute Gasteiger partial charge is 0.259 e. The number of rotatable bonds is 2. The van der Waals surface area contributed by atoms with Crippen molar-refractivity contribution in [3.63, 3.8) is 0 Å². The van der Waals surface area contributed by atoms with Crippen LogP contribution in [-0.2, 0) is 18.4 Å². The van der Waals surface area contributed by atoms with Crippen LogP contribution in [0.2, 0.25) is 0 Å². The summed E-state index contributed by atoms with van der Waals surface area (Å²) in [6, 6.07) is 9.98. The highest BCUT2D eigenvalue weighted by atomic mass is 16.5. The molecule has 0 spiro atoms. The molecule has 0 aliphatic carbocycles. The van der Waals surface area contributed by atoms with Crippen LogP contribution in [0.5, 0.6) is 17.2 Å². The van der Waals surface area contributed by atoms with E-state index in [2.05, 4.69) is 15.7 Å². The fourth-order valence-electron chi connectivity index (χ4n) is 5.42. The second kappa shape index (κ2) is 11.1. The number of likely N-dealkylation sites (tertiary alicyclic amines) is 1. The Balaban J connectivity index is 1.32. The first kappa shape index (κ1) is 27.2. The highest BCUT2D eigenvalue weighted by Gasteiger charge is 2.36. The number of nitrogens with zero attached hydrogens (tertiary/aromatic N) is 4. The lowest BCUT2D eigenvalue weighted by molar-refractivity contribution is -0.123. The summed E-state index contributed by atoms with van der Waals surface area (Å²) in [5.41, 5.74) is 3.12. The summed E-state index contributed by atoms with van der Waals surface area (Å²) in [4.78, 5) is 41.4. The van der Waals surface area contributed by atoms with E-state index in [0.29, 0.717) is 47.0 Å². The number of imidazole rings is 1. The molecule has 2 atom stereocenters. The number of hydrogen-bond acceptors (Lipinski definition) is 7. The number of fused-ring (bicyclic) bond motifs is 8. The molecule has 42 heavy (non-hydrogen) atoms. The predicted molar refractivity (Wildman–Crippen MR) is 152 cm³/mol. The van der Waals surface area contributed by atoms with Crippen molar-refractivity contribution in [2.45, 2.75) is 32.0 Å². The monoisotopic (exact) mass is 572 g/mol. The standard InChI is InChI=1S/C30H32N6O6/c1-18-4-5-19-12-25(18)41-17-27(37)31-14-20-6-7-21(13-26(20)40-3)42-24-8-9-35(16-23(24)33-28(19)38)30(39)22-15-32-36-11-10-34(2)29(22)36/h4-7,10-13,15,23-24H,8-9,14,16-17H2,1-3H3,(H,31,37)(H,33,38)/t23-,24+/m0/s1. The normalized spacial score (nSPS) is 19.3. The minimum Gasteiger partial charge on any atom is -0.496 e. The Morgan fingerprint density at radius 1 is 1.14 bits per heavy atom. The number of aromatic nitrogens is 3. The third kappa shape index (κ3) is 5.22. The van der Waals surface area contributed by atoms with E-state index in [4.69, 9.17) is 14.2 Å². The number of carbonyl (C=O) groups is 3. The molecule has 218 valence electrons. The Morgan fingerprint density at radius 3 is 2.83 bits per heavy atom. The first-order valence-corrected chi connectivity index (χ1v) is 13.7. The van der Waals surface area contributed by atoms with Crippen molar-refractivity contribution in [2.24, 2.45) is 7.05 Å². The Bertz CT molecular complexity index is 1680. The zero-order valence-electron chi connectivity index (χ0n) is 23.6. The average Bonchev–Trinajstić information content (AvgIpc) is 3.58. The molecule has 2 aromatic heterocycles. The van der Waals surface area contributed by atoms with E-state index < -0.39 is 12.1 Å². The van der Waals surface area contributed by atoms with Gasteiger partial charge in [-0.15, -0.1) is 0 Å². The van der Waals surface area contributed by atoms with Gasteiger partial charge >= 0.3 is 0 Å². The molecule has 4 aromatic rings. The molecule has 3 aliphatic rings. The summed E-state index contributed by atoms with van der Waals surface area (Å²) in [7, 11) is 3.42. The molecule has 3 amide bonds. The molecular weight excluding hydrogens is 540 g/mol. The van der Waals surface area contributed by atoms with Gasteiger partial charge in [-0.25, -0.2) is 4.52 Å². The number of benzene rings is 2.